The number of ether oxygens (including phenoxy) is 1. The molecule has 0 aliphatic heterocycles. The van der Waals surface area contributed by atoms with Crippen LogP contribution in [0.25, 0.3) is 0 Å². The van der Waals surface area contributed by atoms with E-state index in [0.717, 1.165) is 0 Å². The summed E-state index contributed by atoms with van der Waals surface area (Å²) >= 11 is 11.8. The maximum atomic E-state index is 5.90. The number of hydrogen-bond donors (Lipinski definition) is 2. The van der Waals surface area contributed by atoms with Gasteiger partial charge in [0.05, 0.1) is 23.5 Å². The van der Waals surface area contributed by atoms with Crippen molar-refractivity contribution in [3.8, 4) is 5.75 Å². The van der Waals surface area contributed by atoms with Crippen LogP contribution >= 0.6 is 23.2 Å². The Morgan fingerprint density at radius 3 is 2.00 bits per heavy atom. The largest absolute Gasteiger partial charge is 0.495 e. The highest BCUT2D eigenvalue weighted by molar-refractivity contribution is 6.39. The van der Waals surface area contributed by atoms with E-state index in [1.165, 1.54) is 7.11 Å². The van der Waals surface area contributed by atoms with Crippen molar-refractivity contribution in [3.05, 3.63) is 15.6 Å². The van der Waals surface area contributed by atoms with Crippen LogP contribution < -0.4 is 16.2 Å². The van der Waals surface area contributed by atoms with Gasteiger partial charge >= 0.3 is 0 Å². The molecule has 0 aliphatic carbocycles. The summed E-state index contributed by atoms with van der Waals surface area (Å²) in [5.74, 6) is 0.471. The number of hydrogen-bond acceptors (Lipinski definition) is 3. The third-order valence-corrected chi connectivity index (χ3v) is 2.70. The van der Waals surface area contributed by atoms with E-state index in [4.69, 9.17) is 39.4 Å². The van der Waals surface area contributed by atoms with Crippen molar-refractivity contribution in [3.63, 3.8) is 0 Å². The molecule has 4 N–H and O–H groups in total. The highest BCUT2D eigenvalue weighted by Gasteiger charge is 2.16. The van der Waals surface area contributed by atoms with Gasteiger partial charge in [-0.25, -0.2) is 0 Å². The molecule has 13 heavy (non-hydrogen) atoms. The Bertz CT molecular complexity index is 323. The summed E-state index contributed by atoms with van der Waals surface area (Å²) < 4.78 is 5.04. The van der Waals surface area contributed by atoms with Crippen LogP contribution in [0.1, 0.15) is 5.56 Å². The van der Waals surface area contributed by atoms with Crippen LogP contribution in [0.5, 0.6) is 5.75 Å². The quantitative estimate of drug-likeness (QED) is 0.716. The smallest absolute Gasteiger partial charge is 0.144 e. The van der Waals surface area contributed by atoms with Gasteiger partial charge in [-0.3, -0.25) is 0 Å². The van der Waals surface area contributed by atoms with E-state index in [9.17, 15) is 0 Å². The molecule has 0 fully saturated rings. The second-order valence-corrected chi connectivity index (χ2v) is 3.37. The summed E-state index contributed by atoms with van der Waals surface area (Å²) in [6.07, 6.45) is 0. The number of rotatable bonds is 1. The minimum Gasteiger partial charge on any atom is -0.495 e. The number of nitrogen functional groups attached to an aromatic ring is 2. The highest BCUT2D eigenvalue weighted by Crippen LogP contribution is 2.42. The van der Waals surface area contributed by atoms with Crippen molar-refractivity contribution in [2.75, 3.05) is 18.6 Å². The van der Waals surface area contributed by atoms with Gasteiger partial charge in [-0.15, -0.1) is 0 Å². The molecule has 0 aliphatic rings. The van der Waals surface area contributed by atoms with Gasteiger partial charge in [0.15, 0.2) is 0 Å². The Morgan fingerprint density at radius 1 is 1.08 bits per heavy atom. The van der Waals surface area contributed by atoms with Gasteiger partial charge in [0, 0.05) is 5.56 Å². The van der Waals surface area contributed by atoms with Crippen LogP contribution in [0.15, 0.2) is 0 Å². The zero-order valence-electron chi connectivity index (χ0n) is 7.32. The number of halogens is 2. The molecule has 72 valence electrons. The average Bonchev–Trinajstić information content (AvgIpc) is 2.13. The molecule has 0 radical (unpaired) electrons. The molecule has 0 atom stereocenters. The lowest BCUT2D eigenvalue weighted by Gasteiger charge is -2.13. The van der Waals surface area contributed by atoms with Crippen molar-refractivity contribution >= 4 is 34.6 Å². The highest BCUT2D eigenvalue weighted by atomic mass is 35.5. The maximum Gasteiger partial charge on any atom is 0.144 e. The Morgan fingerprint density at radius 2 is 1.54 bits per heavy atom. The lowest BCUT2D eigenvalue weighted by molar-refractivity contribution is 0.412. The molecule has 0 aromatic heterocycles. The van der Waals surface area contributed by atoms with E-state index >= 15 is 0 Å². The van der Waals surface area contributed by atoms with Crippen molar-refractivity contribution in [2.45, 2.75) is 6.92 Å². The molecule has 5 heteroatoms. The van der Waals surface area contributed by atoms with Crippen LogP contribution in [0.2, 0.25) is 10.0 Å². The van der Waals surface area contributed by atoms with Crippen LogP contribution in [0, 0.1) is 6.92 Å². The Balaban J connectivity index is 3.56. The lowest BCUT2D eigenvalue weighted by atomic mass is 10.1. The van der Waals surface area contributed by atoms with E-state index in [-0.39, 0.29) is 5.69 Å². The first-order chi connectivity index (χ1) is 6.00. The van der Waals surface area contributed by atoms with Crippen LogP contribution in [-0.4, -0.2) is 7.11 Å². The van der Waals surface area contributed by atoms with Crippen molar-refractivity contribution in [2.24, 2.45) is 0 Å². The number of nitrogens with two attached hydrogens (primary N) is 2. The predicted octanol–water partition coefficient (Wildman–Crippen LogP) is 2.47. The molecule has 0 bridgehead atoms. The molecule has 0 amide bonds. The van der Waals surface area contributed by atoms with Crippen molar-refractivity contribution < 1.29 is 4.74 Å². The monoisotopic (exact) mass is 220 g/mol. The summed E-state index contributed by atoms with van der Waals surface area (Å²) in [7, 11) is 1.50. The molecule has 0 saturated carbocycles. The van der Waals surface area contributed by atoms with Gasteiger partial charge in [-0.1, -0.05) is 23.2 Å². The maximum absolute atomic E-state index is 5.90. The minimum atomic E-state index is 0.258. The predicted molar refractivity (Wildman–Crippen MR) is 56.6 cm³/mol. The Kier molecular flexibility index (Phi) is 2.78. The van der Waals surface area contributed by atoms with Gasteiger partial charge in [-0.2, -0.15) is 0 Å². The van der Waals surface area contributed by atoms with Gasteiger partial charge < -0.3 is 16.2 Å². The average molecular weight is 221 g/mol. The Hall–Kier alpha value is -0.800. The lowest BCUT2D eigenvalue weighted by Crippen LogP contribution is -2.01. The van der Waals surface area contributed by atoms with Crippen molar-refractivity contribution in [1.29, 1.82) is 0 Å². The first kappa shape index (κ1) is 10.3. The fraction of sp³-hybridized carbons (Fsp3) is 0.250. The summed E-state index contributed by atoms with van der Waals surface area (Å²) in [6.45, 7) is 1.77. The van der Waals surface area contributed by atoms with Gasteiger partial charge in [-0.05, 0) is 6.92 Å². The topological polar surface area (TPSA) is 61.3 Å². The van der Waals surface area contributed by atoms with Gasteiger partial charge in [0.1, 0.15) is 10.8 Å². The number of methoxy groups -OCH3 is 1. The van der Waals surface area contributed by atoms with Gasteiger partial charge in [0.2, 0.25) is 0 Å². The fourth-order valence-electron chi connectivity index (χ4n) is 1.07. The van der Waals surface area contributed by atoms with Crippen LogP contribution in [-0.2, 0) is 0 Å². The molecule has 1 aromatic rings. The molecule has 0 saturated heterocycles. The number of benzene rings is 1. The number of anilines is 2. The van der Waals surface area contributed by atoms with E-state index in [1.807, 2.05) is 0 Å². The normalized spacial score (nSPS) is 10.2. The first-order valence-corrected chi connectivity index (χ1v) is 4.32. The van der Waals surface area contributed by atoms with E-state index < -0.39 is 0 Å². The SMILES string of the molecule is COc1c(C)c(Cl)c(N)c(N)c1Cl. The third-order valence-electron chi connectivity index (χ3n) is 1.84. The third kappa shape index (κ3) is 1.49. The zero-order chi connectivity index (χ0) is 10.2. The summed E-state index contributed by atoms with van der Waals surface area (Å²) in [5, 5.41) is 0.695. The molecule has 0 spiro atoms. The summed E-state index contributed by atoms with van der Waals surface area (Å²) in [4.78, 5) is 0. The van der Waals surface area contributed by atoms with E-state index in [1.54, 1.807) is 6.92 Å². The van der Waals surface area contributed by atoms with Gasteiger partial charge in [0.25, 0.3) is 0 Å². The minimum absolute atomic E-state index is 0.258. The molecule has 3 nitrogen and oxygen atoms in total. The molecule has 1 rings (SSSR count). The second-order valence-electron chi connectivity index (χ2n) is 2.61. The van der Waals surface area contributed by atoms with Crippen molar-refractivity contribution in [1.82, 2.24) is 0 Å². The standard InChI is InChI=1S/C8H10Cl2N2O/c1-3-4(9)6(11)7(12)5(10)8(3)13-2/h11-12H2,1-2H3. The zero-order valence-corrected chi connectivity index (χ0v) is 8.83. The fourth-order valence-corrected chi connectivity index (χ4v) is 1.58. The molecule has 0 heterocycles. The van der Waals surface area contributed by atoms with E-state index in [2.05, 4.69) is 0 Å². The van der Waals surface area contributed by atoms with E-state index in [0.29, 0.717) is 27.0 Å². The molecular weight excluding hydrogens is 211 g/mol. The molecular formula is C8H10Cl2N2O. The summed E-state index contributed by atoms with van der Waals surface area (Å²) in [5.41, 5.74) is 12.5. The molecule has 0 unspecified atom stereocenters. The van der Waals surface area contributed by atoms with Crippen LogP contribution in [0.3, 0.4) is 0 Å². The molecule has 1 aromatic carbocycles. The summed E-state index contributed by atoms with van der Waals surface area (Å²) in [6, 6.07) is 0. The Labute approximate surface area is 86.6 Å². The second kappa shape index (κ2) is 3.52. The first-order valence-electron chi connectivity index (χ1n) is 3.57. The van der Waals surface area contributed by atoms with Crippen LogP contribution in [0.4, 0.5) is 11.4 Å².